The van der Waals surface area contributed by atoms with Crippen molar-refractivity contribution >= 4 is 35.2 Å². The maximum Gasteiger partial charge on any atom is 0.124 e. The van der Waals surface area contributed by atoms with Crippen LogP contribution in [0.4, 0.5) is 4.39 Å². The monoisotopic (exact) mass is 763 g/mol. The number of rotatable bonds is 5. The van der Waals surface area contributed by atoms with Crippen molar-refractivity contribution in [2.75, 3.05) is 0 Å². The summed E-state index contributed by atoms with van der Waals surface area (Å²) in [6, 6.07) is 31.4. The molecule has 1 fully saturated rings. The van der Waals surface area contributed by atoms with E-state index in [1.54, 1.807) is 6.07 Å². The molecule has 0 aliphatic heterocycles. The molecule has 0 unspecified atom stereocenters. The third kappa shape index (κ3) is 7.38. The van der Waals surface area contributed by atoms with E-state index < -0.39 is 8.07 Å². The second kappa shape index (κ2) is 13.5. The first kappa shape index (κ1) is 31.0. The zero-order valence-corrected chi connectivity index (χ0v) is 28.2. The molecule has 1 saturated carbocycles. The average Bonchev–Trinajstić information content (AvgIpc) is 3.65. The summed E-state index contributed by atoms with van der Waals surface area (Å²) in [5.41, 5.74) is 6.63. The number of halogens is 1. The Kier molecular flexibility index (Phi) is 9.70. The summed E-state index contributed by atoms with van der Waals surface area (Å²) in [6.45, 7) is 7.00. The summed E-state index contributed by atoms with van der Waals surface area (Å²) in [4.78, 5) is 9.06. The molecular formula is C37H35FIrN2OSi-2. The fourth-order valence-corrected chi connectivity index (χ4v) is 6.72. The molecule has 3 nitrogen and oxygen atoms in total. The molecule has 1 aliphatic carbocycles. The van der Waals surface area contributed by atoms with Crippen molar-refractivity contribution in [2.45, 2.75) is 51.7 Å². The maximum absolute atomic E-state index is 13.7. The number of fused-ring (bicyclic) bond motifs is 3. The largest absolute Gasteiger partial charge is 0.500 e. The normalized spacial score (nSPS) is 13.5. The SMILES string of the molecule is C[Si](C)(C)c1ccc(-c2[c-]cccc2)nc1.Fc1ccc2oc3c[c-]c(-c4cc(CC5CCCC5)ccn4)cc3c2c1.[Ir]. The Hall–Kier alpha value is -3.44. The molecule has 0 atom stereocenters. The number of benzene rings is 3. The van der Waals surface area contributed by atoms with Gasteiger partial charge in [0.15, 0.2) is 0 Å². The second-order valence-corrected chi connectivity index (χ2v) is 17.3. The molecule has 0 spiro atoms. The quantitative estimate of drug-likeness (QED) is 0.130. The van der Waals surface area contributed by atoms with Gasteiger partial charge in [-0.1, -0.05) is 74.5 Å². The van der Waals surface area contributed by atoms with E-state index in [2.05, 4.69) is 66.0 Å². The van der Waals surface area contributed by atoms with E-state index >= 15 is 0 Å². The van der Waals surface area contributed by atoms with Crippen molar-refractivity contribution in [1.82, 2.24) is 9.97 Å². The van der Waals surface area contributed by atoms with Crippen molar-refractivity contribution in [3.63, 3.8) is 0 Å². The molecule has 1 radical (unpaired) electrons. The smallest absolute Gasteiger partial charge is 0.124 e. The van der Waals surface area contributed by atoms with Gasteiger partial charge in [0.2, 0.25) is 0 Å². The van der Waals surface area contributed by atoms with Crippen LogP contribution in [0.2, 0.25) is 19.6 Å². The second-order valence-electron chi connectivity index (χ2n) is 12.2. The predicted octanol–water partition coefficient (Wildman–Crippen LogP) is 9.41. The Balaban J connectivity index is 0.000000188. The molecule has 0 bridgehead atoms. The fraction of sp³-hybridized carbons (Fsp3) is 0.243. The summed E-state index contributed by atoms with van der Waals surface area (Å²) in [7, 11) is -1.23. The summed E-state index contributed by atoms with van der Waals surface area (Å²) < 4.78 is 19.4. The van der Waals surface area contributed by atoms with Crippen LogP contribution >= 0.6 is 0 Å². The van der Waals surface area contributed by atoms with Crippen LogP contribution in [0.15, 0.2) is 95.7 Å². The van der Waals surface area contributed by atoms with E-state index in [1.165, 1.54) is 48.6 Å². The van der Waals surface area contributed by atoms with Crippen LogP contribution in [0.1, 0.15) is 31.2 Å². The molecule has 3 aromatic carbocycles. The molecule has 43 heavy (non-hydrogen) atoms. The molecule has 0 N–H and O–H groups in total. The molecule has 0 saturated heterocycles. The minimum Gasteiger partial charge on any atom is -0.500 e. The van der Waals surface area contributed by atoms with Gasteiger partial charge >= 0.3 is 0 Å². The molecule has 7 rings (SSSR count). The van der Waals surface area contributed by atoms with Gasteiger partial charge in [0.05, 0.1) is 13.7 Å². The summed E-state index contributed by atoms with van der Waals surface area (Å²) >= 11 is 0. The first-order chi connectivity index (χ1) is 20.3. The molecule has 6 heteroatoms. The van der Waals surface area contributed by atoms with Crippen LogP contribution in [0.25, 0.3) is 44.5 Å². The maximum atomic E-state index is 13.7. The van der Waals surface area contributed by atoms with Gasteiger partial charge < -0.3 is 14.4 Å². The van der Waals surface area contributed by atoms with Gasteiger partial charge in [0, 0.05) is 37.9 Å². The van der Waals surface area contributed by atoms with Crippen LogP contribution in [0.5, 0.6) is 0 Å². The summed E-state index contributed by atoms with van der Waals surface area (Å²) in [6.07, 6.45) is 10.4. The Morgan fingerprint density at radius 2 is 1.65 bits per heavy atom. The van der Waals surface area contributed by atoms with E-state index in [0.29, 0.717) is 5.58 Å². The molecule has 1 aliphatic rings. The van der Waals surface area contributed by atoms with E-state index in [0.717, 1.165) is 51.2 Å². The Labute approximate surface area is 268 Å². The van der Waals surface area contributed by atoms with Crippen molar-refractivity contribution in [3.8, 4) is 22.5 Å². The molecular weight excluding hydrogens is 728 g/mol. The third-order valence-corrected chi connectivity index (χ3v) is 10.1. The topological polar surface area (TPSA) is 38.9 Å². The van der Waals surface area contributed by atoms with Crippen LogP contribution in [0.3, 0.4) is 0 Å². The summed E-state index contributed by atoms with van der Waals surface area (Å²) in [5.74, 6) is 0.545. The third-order valence-electron chi connectivity index (χ3n) is 8.08. The number of nitrogens with zero attached hydrogens (tertiary/aromatic N) is 2. The van der Waals surface area contributed by atoms with Crippen LogP contribution in [-0.4, -0.2) is 18.0 Å². The molecule has 3 heterocycles. The van der Waals surface area contributed by atoms with Crippen LogP contribution in [0, 0.1) is 23.9 Å². The van der Waals surface area contributed by atoms with Crippen molar-refractivity contribution in [1.29, 1.82) is 0 Å². The zero-order valence-electron chi connectivity index (χ0n) is 24.8. The van der Waals surface area contributed by atoms with E-state index in [-0.39, 0.29) is 25.9 Å². The standard InChI is InChI=1S/C23H19FNO.C14H16NSi.Ir/c24-18-6-8-23-20(14-18)19-13-17(5-7-22(19)26-23)21-12-16(9-10-25-21)11-15-3-1-2-4-15;1-16(2,3)13-9-10-14(15-11-13)12-7-5-4-6-8-12;/h6-10,12-15H,1-4,11H2;4-7,9-11H,1-3H3;/q2*-1;. The van der Waals surface area contributed by atoms with Crippen molar-refractivity contribution < 1.29 is 28.9 Å². The van der Waals surface area contributed by atoms with Gasteiger partial charge in [-0.2, -0.15) is 0 Å². The number of aromatic nitrogens is 2. The van der Waals surface area contributed by atoms with Gasteiger partial charge in [0.1, 0.15) is 11.4 Å². The minimum absolute atomic E-state index is 0. The molecule has 3 aromatic heterocycles. The van der Waals surface area contributed by atoms with Crippen LogP contribution < -0.4 is 5.19 Å². The van der Waals surface area contributed by atoms with Gasteiger partial charge in [-0.15, -0.1) is 59.7 Å². The zero-order chi connectivity index (χ0) is 29.1. The van der Waals surface area contributed by atoms with Gasteiger partial charge in [-0.25, -0.2) is 4.39 Å². The van der Waals surface area contributed by atoms with E-state index in [4.69, 9.17) is 4.42 Å². The van der Waals surface area contributed by atoms with E-state index in [1.807, 2.05) is 48.8 Å². The van der Waals surface area contributed by atoms with E-state index in [9.17, 15) is 4.39 Å². The van der Waals surface area contributed by atoms with Gasteiger partial charge in [-0.05, 0) is 53.2 Å². The average molecular weight is 763 g/mol. The van der Waals surface area contributed by atoms with Crippen molar-refractivity contribution in [3.05, 3.63) is 115 Å². The van der Waals surface area contributed by atoms with Gasteiger partial charge in [-0.3, -0.25) is 0 Å². The van der Waals surface area contributed by atoms with Crippen molar-refractivity contribution in [2.24, 2.45) is 5.92 Å². The molecule has 221 valence electrons. The van der Waals surface area contributed by atoms with Crippen LogP contribution in [-0.2, 0) is 26.5 Å². The fourth-order valence-electron chi connectivity index (χ4n) is 5.69. The molecule has 6 aromatic rings. The molecule has 0 amide bonds. The number of hydrogen-bond donors (Lipinski definition) is 0. The Morgan fingerprint density at radius 1 is 0.837 bits per heavy atom. The van der Waals surface area contributed by atoms with Gasteiger partial charge in [0.25, 0.3) is 0 Å². The number of hydrogen-bond acceptors (Lipinski definition) is 3. The Bertz CT molecular complexity index is 1810. The first-order valence-corrected chi connectivity index (χ1v) is 18.3. The first-order valence-electron chi connectivity index (χ1n) is 14.8. The number of furan rings is 1. The predicted molar refractivity (Wildman–Crippen MR) is 173 cm³/mol. The number of pyridine rings is 2. The minimum atomic E-state index is -1.23. The summed E-state index contributed by atoms with van der Waals surface area (Å²) in [5, 5.41) is 3.08. The Morgan fingerprint density at radius 3 is 2.37 bits per heavy atom.